The number of aryl methyl sites for hydroxylation is 1. The minimum atomic E-state index is -2.56. The highest BCUT2D eigenvalue weighted by atomic mass is 35.5. The molecule has 3 amide bonds. The zero-order valence-electron chi connectivity index (χ0n) is 35.7. The number of hydrogen-bond acceptors (Lipinski definition) is 12. The van der Waals surface area contributed by atoms with Gasteiger partial charge in [0.05, 0.1) is 37.3 Å². The Kier molecular flexibility index (Phi) is 11.4. The minimum Gasteiger partial charge on any atom is -0.494 e. The van der Waals surface area contributed by atoms with Crippen LogP contribution in [0.2, 0.25) is 5.02 Å². The first-order valence-electron chi connectivity index (χ1n) is 21.7. The van der Waals surface area contributed by atoms with E-state index in [1.807, 2.05) is 36.4 Å². The molecule has 16 heteroatoms. The molecule has 4 fully saturated rings. The SMILES string of the molecule is CCc1cc(Nc2ncc(Cl)c(Nc3ccccc3P(C)(C)=O)n2)c(OC)cc1N1CCC(N2CCC3(CC(Oc4cccc5c4CN([C@H]4CCC(=O)NC4=O)C5=O)C3)C2)CC1. The van der Waals surface area contributed by atoms with Gasteiger partial charge in [0.15, 0.2) is 5.82 Å². The van der Waals surface area contributed by atoms with E-state index in [1.54, 1.807) is 37.6 Å². The number of imide groups is 1. The lowest BCUT2D eigenvalue weighted by atomic mass is 9.66. The van der Waals surface area contributed by atoms with Crippen LogP contribution in [0.5, 0.6) is 11.5 Å². The number of piperidine rings is 2. The van der Waals surface area contributed by atoms with Gasteiger partial charge in [-0.3, -0.25) is 24.6 Å². The molecule has 1 aromatic heterocycles. The van der Waals surface area contributed by atoms with Gasteiger partial charge in [0.25, 0.3) is 5.91 Å². The Balaban J connectivity index is 0.800. The molecule has 5 aliphatic rings. The lowest BCUT2D eigenvalue weighted by Gasteiger charge is -2.46. The Hall–Kier alpha value is -5.17. The minimum absolute atomic E-state index is 0.0915. The molecule has 3 saturated heterocycles. The number of rotatable bonds is 12. The van der Waals surface area contributed by atoms with E-state index in [-0.39, 0.29) is 29.8 Å². The number of aromatic nitrogens is 2. The molecule has 3 N–H and O–H groups in total. The largest absolute Gasteiger partial charge is 0.494 e. The van der Waals surface area contributed by atoms with E-state index in [0.29, 0.717) is 52.8 Å². The standard InChI is InChI=1S/C46H54ClN8O6P/c1-5-28-21-35(50-45-48-25-33(47)42(52-45)49-34-10-6-7-12-40(34)62(3,4)59)39(60-2)22-37(28)53-18-15-29(16-19-53)54-20-17-46(27-54)23-30(24-46)61-38-11-8-9-31-32(38)26-55(44(31)58)36-13-14-41(56)51-43(36)57/h6-12,21-22,25,29-30,36H,5,13-20,23-24,26-27H2,1-4H3,(H,51,56,57)(H2,48,49,50,52)/t30?,36-,46?/m0/s1. The van der Waals surface area contributed by atoms with Crippen molar-refractivity contribution in [2.45, 2.75) is 83.0 Å². The highest BCUT2D eigenvalue weighted by molar-refractivity contribution is 7.70. The summed E-state index contributed by atoms with van der Waals surface area (Å²) in [6.07, 6.45) is 8.35. The molecular formula is C46H54ClN8O6P. The van der Waals surface area contributed by atoms with Gasteiger partial charge in [0.1, 0.15) is 29.7 Å². The zero-order valence-corrected chi connectivity index (χ0v) is 37.4. The molecule has 1 aliphatic carbocycles. The summed E-state index contributed by atoms with van der Waals surface area (Å²) in [5.74, 6) is 1.30. The Labute approximate surface area is 367 Å². The number of hydrogen-bond donors (Lipinski definition) is 3. The van der Waals surface area contributed by atoms with Crippen LogP contribution in [0, 0.1) is 5.41 Å². The van der Waals surface area contributed by atoms with Crippen LogP contribution in [0.3, 0.4) is 0 Å². The smallest absolute Gasteiger partial charge is 0.255 e. The first-order chi connectivity index (χ1) is 29.8. The second kappa shape index (κ2) is 16.8. The molecule has 4 aliphatic heterocycles. The summed E-state index contributed by atoms with van der Waals surface area (Å²) in [4.78, 5) is 53.6. The Morgan fingerprint density at radius 3 is 2.50 bits per heavy atom. The number of para-hydroxylation sites is 1. The topological polar surface area (TPSA) is 158 Å². The van der Waals surface area contributed by atoms with E-state index in [2.05, 4.69) is 49.8 Å². The first-order valence-corrected chi connectivity index (χ1v) is 24.6. The van der Waals surface area contributed by atoms with Gasteiger partial charge < -0.3 is 34.5 Å². The van der Waals surface area contributed by atoms with E-state index >= 15 is 0 Å². The van der Waals surface area contributed by atoms with Crippen LogP contribution in [0.4, 0.5) is 28.8 Å². The highest BCUT2D eigenvalue weighted by Gasteiger charge is 2.51. The number of benzene rings is 3. The quantitative estimate of drug-likeness (QED) is 0.0981. The van der Waals surface area contributed by atoms with Crippen molar-refractivity contribution in [1.29, 1.82) is 0 Å². The monoisotopic (exact) mass is 880 g/mol. The number of carbonyl (C=O) groups excluding carboxylic acids is 3. The second-order valence-corrected chi connectivity index (χ2v) is 21.4. The highest BCUT2D eigenvalue weighted by Crippen LogP contribution is 2.51. The van der Waals surface area contributed by atoms with Gasteiger partial charge in [-0.25, -0.2) is 4.98 Å². The number of methoxy groups -OCH3 is 1. The molecule has 1 spiro atoms. The molecule has 4 aromatic rings. The molecule has 3 aromatic carbocycles. The maximum Gasteiger partial charge on any atom is 0.255 e. The fraction of sp³-hybridized carbons (Fsp3) is 0.457. The molecule has 326 valence electrons. The number of amides is 3. The summed E-state index contributed by atoms with van der Waals surface area (Å²) >= 11 is 6.54. The number of likely N-dealkylation sites (tertiary alicyclic amines) is 1. The van der Waals surface area contributed by atoms with E-state index < -0.39 is 19.1 Å². The number of nitrogens with one attached hydrogen (secondary N) is 3. The lowest BCUT2D eigenvalue weighted by Crippen LogP contribution is -2.52. The molecule has 0 unspecified atom stereocenters. The zero-order chi connectivity index (χ0) is 43.3. The molecule has 0 bridgehead atoms. The van der Waals surface area contributed by atoms with Crippen molar-refractivity contribution in [2.24, 2.45) is 5.41 Å². The third kappa shape index (κ3) is 8.24. The van der Waals surface area contributed by atoms with Gasteiger partial charge in [-0.2, -0.15) is 4.98 Å². The van der Waals surface area contributed by atoms with Crippen LogP contribution >= 0.6 is 18.7 Å². The molecule has 1 atom stereocenters. The third-order valence-corrected chi connectivity index (χ3v) is 15.3. The summed E-state index contributed by atoms with van der Waals surface area (Å²) < 4.78 is 25.5. The predicted molar refractivity (Wildman–Crippen MR) is 242 cm³/mol. The van der Waals surface area contributed by atoms with Crippen molar-refractivity contribution in [3.63, 3.8) is 0 Å². The second-order valence-electron chi connectivity index (χ2n) is 17.8. The normalized spacial score (nSPS) is 23.0. The Morgan fingerprint density at radius 1 is 0.968 bits per heavy atom. The van der Waals surface area contributed by atoms with Crippen molar-refractivity contribution in [3.8, 4) is 11.5 Å². The summed E-state index contributed by atoms with van der Waals surface area (Å²) in [5, 5.41) is 10.1. The van der Waals surface area contributed by atoms with E-state index in [4.69, 9.17) is 26.1 Å². The summed E-state index contributed by atoms with van der Waals surface area (Å²) in [7, 11) is -0.887. The Bertz CT molecular complexity index is 2470. The maximum absolute atomic E-state index is 13.3. The van der Waals surface area contributed by atoms with Gasteiger partial charge in [-0.05, 0) is 106 Å². The number of ether oxygens (including phenoxy) is 2. The molecular weight excluding hydrogens is 827 g/mol. The van der Waals surface area contributed by atoms with E-state index in [0.717, 1.165) is 87.0 Å². The van der Waals surface area contributed by atoms with Gasteiger partial charge in [0.2, 0.25) is 17.8 Å². The van der Waals surface area contributed by atoms with Crippen LogP contribution in [-0.2, 0) is 27.1 Å². The predicted octanol–water partition coefficient (Wildman–Crippen LogP) is 7.10. The van der Waals surface area contributed by atoms with Gasteiger partial charge in [-0.1, -0.05) is 36.7 Å². The molecule has 9 rings (SSSR count). The summed E-state index contributed by atoms with van der Waals surface area (Å²) in [5.41, 5.74) is 5.50. The molecule has 1 saturated carbocycles. The van der Waals surface area contributed by atoms with E-state index in [1.165, 1.54) is 11.3 Å². The van der Waals surface area contributed by atoms with Crippen molar-refractivity contribution < 1.29 is 28.4 Å². The molecule has 62 heavy (non-hydrogen) atoms. The fourth-order valence-electron chi connectivity index (χ4n) is 10.2. The number of anilines is 5. The third-order valence-electron chi connectivity index (χ3n) is 13.5. The van der Waals surface area contributed by atoms with Crippen molar-refractivity contribution >= 4 is 70.6 Å². The average molecular weight is 881 g/mol. The van der Waals surface area contributed by atoms with Crippen molar-refractivity contribution in [3.05, 3.63) is 82.5 Å². The summed E-state index contributed by atoms with van der Waals surface area (Å²) in [6, 6.07) is 17.2. The number of halogens is 1. The summed E-state index contributed by atoms with van der Waals surface area (Å²) in [6.45, 7) is 10.0. The average Bonchev–Trinajstić information content (AvgIpc) is 3.84. The van der Waals surface area contributed by atoms with Crippen LogP contribution < -0.4 is 35.6 Å². The molecule has 0 radical (unpaired) electrons. The van der Waals surface area contributed by atoms with Gasteiger partial charge in [0, 0.05) is 60.3 Å². The van der Waals surface area contributed by atoms with Crippen LogP contribution in [0.15, 0.2) is 60.8 Å². The Morgan fingerprint density at radius 2 is 1.76 bits per heavy atom. The van der Waals surface area contributed by atoms with Crippen LogP contribution in [-0.4, -0.2) is 102 Å². The molecule has 5 heterocycles. The number of nitrogens with zero attached hydrogens (tertiary/aromatic N) is 5. The van der Waals surface area contributed by atoms with Gasteiger partial charge in [-0.15, -0.1) is 0 Å². The van der Waals surface area contributed by atoms with Crippen molar-refractivity contribution in [2.75, 3.05) is 62.2 Å². The number of carbonyl (C=O) groups is 3. The van der Waals surface area contributed by atoms with Crippen LogP contribution in [0.25, 0.3) is 0 Å². The van der Waals surface area contributed by atoms with Crippen molar-refractivity contribution in [1.82, 2.24) is 25.1 Å². The van der Waals surface area contributed by atoms with Crippen LogP contribution in [0.1, 0.15) is 73.4 Å². The van der Waals surface area contributed by atoms with E-state index in [9.17, 15) is 18.9 Å². The fourth-order valence-corrected chi connectivity index (χ4v) is 11.5. The van der Waals surface area contributed by atoms with Gasteiger partial charge >= 0.3 is 0 Å². The lowest BCUT2D eigenvalue weighted by molar-refractivity contribution is -0.136. The first kappa shape index (κ1) is 42.1. The maximum atomic E-state index is 13.3. The molecule has 14 nitrogen and oxygen atoms in total. The number of fused-ring (bicyclic) bond motifs is 1.